The molecule has 1 saturated heterocycles. The first kappa shape index (κ1) is 13.0. The molecule has 2 heterocycles. The average Bonchev–Trinajstić information content (AvgIpc) is 2.75. The van der Waals surface area contributed by atoms with Gasteiger partial charge in [-0.3, -0.25) is 0 Å². The van der Waals surface area contributed by atoms with Crippen molar-refractivity contribution >= 4 is 28.4 Å². The van der Waals surface area contributed by atoms with E-state index in [1.54, 1.807) is 0 Å². The number of hydrogen-bond donors (Lipinski definition) is 1. The second-order valence-electron chi connectivity index (χ2n) is 4.72. The first-order chi connectivity index (χ1) is 8.08. The van der Waals surface area contributed by atoms with E-state index in [4.69, 9.17) is 10.5 Å². The molecule has 2 rings (SSSR count). The van der Waals surface area contributed by atoms with Crippen LogP contribution in [0.4, 0.5) is 5.82 Å². The van der Waals surface area contributed by atoms with Crippen LogP contribution in [-0.4, -0.2) is 22.7 Å². The third kappa shape index (κ3) is 3.07. The van der Waals surface area contributed by atoms with Crippen molar-refractivity contribution in [3.63, 3.8) is 0 Å². The van der Waals surface area contributed by atoms with Gasteiger partial charge >= 0.3 is 0 Å². The predicted molar refractivity (Wildman–Crippen MR) is 75.9 cm³/mol. The fourth-order valence-corrected chi connectivity index (χ4v) is 2.88. The summed E-state index contributed by atoms with van der Waals surface area (Å²) in [6.45, 7) is 5.11. The number of nitrogens with zero attached hydrogens (tertiary/aromatic N) is 2. The van der Waals surface area contributed by atoms with Crippen molar-refractivity contribution in [1.29, 1.82) is 0 Å². The van der Waals surface area contributed by atoms with Gasteiger partial charge < -0.3 is 10.5 Å². The van der Waals surface area contributed by atoms with Gasteiger partial charge in [0.1, 0.15) is 11.6 Å². The minimum atomic E-state index is 0.273. The van der Waals surface area contributed by atoms with E-state index in [0.717, 1.165) is 41.0 Å². The molecule has 1 aliphatic rings. The molecule has 0 spiro atoms. The number of nitrogens with two attached hydrogens (primary N) is 1. The molecular weight excluding hydrogens is 329 g/mol. The van der Waals surface area contributed by atoms with Gasteiger partial charge in [-0.05, 0) is 41.4 Å². The Morgan fingerprint density at radius 3 is 2.82 bits per heavy atom. The zero-order valence-corrected chi connectivity index (χ0v) is 12.4. The average molecular weight is 347 g/mol. The van der Waals surface area contributed by atoms with Gasteiger partial charge in [-0.25, -0.2) is 9.97 Å². The largest absolute Gasteiger partial charge is 0.383 e. The minimum Gasteiger partial charge on any atom is -0.383 e. The quantitative estimate of drug-likeness (QED) is 0.854. The van der Waals surface area contributed by atoms with Crippen LogP contribution in [0, 0.1) is 3.57 Å². The van der Waals surface area contributed by atoms with E-state index in [1.807, 2.05) is 0 Å². The van der Waals surface area contributed by atoms with E-state index in [1.165, 1.54) is 0 Å². The molecule has 1 unspecified atom stereocenters. The van der Waals surface area contributed by atoms with Gasteiger partial charge in [-0.15, -0.1) is 0 Å². The van der Waals surface area contributed by atoms with Crippen LogP contribution in [-0.2, 0) is 11.2 Å². The predicted octanol–water partition coefficient (Wildman–Crippen LogP) is 2.51. The standard InChI is InChI=1S/C12H18IN3O/c1-7(2)11-10(13)12(14)16-9(15-11)6-8-4-3-5-17-8/h7-8H,3-6H2,1-2H3,(H2,14,15,16). The zero-order valence-electron chi connectivity index (χ0n) is 10.2. The number of halogens is 1. The van der Waals surface area contributed by atoms with Gasteiger partial charge in [0.2, 0.25) is 0 Å². The molecule has 1 aromatic rings. The molecule has 5 heteroatoms. The van der Waals surface area contributed by atoms with Crippen LogP contribution in [0.1, 0.15) is 44.1 Å². The van der Waals surface area contributed by atoms with Crippen LogP contribution in [0.2, 0.25) is 0 Å². The molecule has 0 amide bonds. The molecule has 0 aliphatic carbocycles. The van der Waals surface area contributed by atoms with Crippen LogP contribution < -0.4 is 5.73 Å². The van der Waals surface area contributed by atoms with Gasteiger partial charge in [-0.1, -0.05) is 13.8 Å². The Labute approximate surface area is 115 Å². The van der Waals surface area contributed by atoms with Gasteiger partial charge in [-0.2, -0.15) is 0 Å². The number of anilines is 1. The van der Waals surface area contributed by atoms with Crippen LogP contribution in [0.15, 0.2) is 0 Å². The maximum absolute atomic E-state index is 5.93. The number of rotatable bonds is 3. The number of nitrogen functional groups attached to an aromatic ring is 1. The summed E-state index contributed by atoms with van der Waals surface area (Å²) >= 11 is 2.22. The molecule has 1 aliphatic heterocycles. The Morgan fingerprint density at radius 2 is 2.24 bits per heavy atom. The fraction of sp³-hybridized carbons (Fsp3) is 0.667. The fourth-order valence-electron chi connectivity index (χ4n) is 2.02. The molecule has 2 N–H and O–H groups in total. The van der Waals surface area contributed by atoms with Crippen LogP contribution in [0.3, 0.4) is 0 Å². The number of hydrogen-bond acceptors (Lipinski definition) is 4. The molecule has 1 atom stereocenters. The normalized spacial score (nSPS) is 20.1. The van der Waals surface area contributed by atoms with Crippen molar-refractivity contribution < 1.29 is 4.74 Å². The van der Waals surface area contributed by atoms with Gasteiger partial charge in [0.05, 0.1) is 15.4 Å². The van der Waals surface area contributed by atoms with Gasteiger partial charge in [0.15, 0.2) is 0 Å². The lowest BCUT2D eigenvalue weighted by atomic mass is 10.1. The third-order valence-corrected chi connectivity index (χ3v) is 4.04. The molecule has 17 heavy (non-hydrogen) atoms. The molecule has 4 nitrogen and oxygen atoms in total. The van der Waals surface area contributed by atoms with E-state index >= 15 is 0 Å². The van der Waals surface area contributed by atoms with E-state index in [0.29, 0.717) is 11.7 Å². The van der Waals surface area contributed by atoms with E-state index in [-0.39, 0.29) is 6.10 Å². The van der Waals surface area contributed by atoms with Crippen molar-refractivity contribution in [2.24, 2.45) is 0 Å². The molecule has 0 bridgehead atoms. The van der Waals surface area contributed by atoms with Crippen LogP contribution in [0.5, 0.6) is 0 Å². The maximum Gasteiger partial charge on any atom is 0.140 e. The molecule has 0 aromatic carbocycles. The highest BCUT2D eigenvalue weighted by molar-refractivity contribution is 14.1. The Kier molecular flexibility index (Phi) is 4.19. The summed E-state index contributed by atoms with van der Waals surface area (Å²) in [5.41, 5.74) is 6.98. The Balaban J connectivity index is 2.22. The number of ether oxygens (including phenoxy) is 1. The van der Waals surface area contributed by atoms with Crippen LogP contribution in [0.25, 0.3) is 0 Å². The third-order valence-electron chi connectivity index (χ3n) is 2.93. The SMILES string of the molecule is CC(C)c1nc(CC2CCCO2)nc(N)c1I. The highest BCUT2D eigenvalue weighted by Crippen LogP contribution is 2.24. The number of aromatic nitrogens is 2. The van der Waals surface area contributed by atoms with E-state index in [2.05, 4.69) is 46.4 Å². The summed E-state index contributed by atoms with van der Waals surface area (Å²) < 4.78 is 6.58. The summed E-state index contributed by atoms with van der Waals surface area (Å²) in [6, 6.07) is 0. The van der Waals surface area contributed by atoms with E-state index < -0.39 is 0 Å². The van der Waals surface area contributed by atoms with Crippen molar-refractivity contribution in [3.8, 4) is 0 Å². The highest BCUT2D eigenvalue weighted by Gasteiger charge is 2.19. The topological polar surface area (TPSA) is 61.0 Å². The summed E-state index contributed by atoms with van der Waals surface area (Å²) in [7, 11) is 0. The first-order valence-corrected chi connectivity index (χ1v) is 7.09. The Hall–Kier alpha value is -0.430. The van der Waals surface area contributed by atoms with Crippen LogP contribution >= 0.6 is 22.6 Å². The molecule has 94 valence electrons. The molecule has 0 saturated carbocycles. The summed E-state index contributed by atoms with van der Waals surface area (Å²) in [6.07, 6.45) is 3.30. The maximum atomic E-state index is 5.93. The molecule has 1 fully saturated rings. The monoisotopic (exact) mass is 347 g/mol. The summed E-state index contributed by atoms with van der Waals surface area (Å²) in [5, 5.41) is 0. The van der Waals surface area contributed by atoms with Crippen molar-refractivity contribution in [2.45, 2.75) is 45.1 Å². The van der Waals surface area contributed by atoms with Crippen molar-refractivity contribution in [2.75, 3.05) is 12.3 Å². The second-order valence-corrected chi connectivity index (χ2v) is 5.80. The smallest absolute Gasteiger partial charge is 0.140 e. The lowest BCUT2D eigenvalue weighted by molar-refractivity contribution is 0.110. The highest BCUT2D eigenvalue weighted by atomic mass is 127. The van der Waals surface area contributed by atoms with Gasteiger partial charge in [0.25, 0.3) is 0 Å². The lowest BCUT2D eigenvalue weighted by Gasteiger charge is -2.13. The van der Waals surface area contributed by atoms with E-state index in [9.17, 15) is 0 Å². The Bertz CT molecular complexity index is 403. The summed E-state index contributed by atoms with van der Waals surface area (Å²) in [4.78, 5) is 8.98. The van der Waals surface area contributed by atoms with Crippen molar-refractivity contribution in [1.82, 2.24) is 9.97 Å². The summed E-state index contributed by atoms with van der Waals surface area (Å²) in [5.74, 6) is 1.78. The molecule has 1 aromatic heterocycles. The Morgan fingerprint density at radius 1 is 1.47 bits per heavy atom. The van der Waals surface area contributed by atoms with Crippen molar-refractivity contribution in [3.05, 3.63) is 15.1 Å². The minimum absolute atomic E-state index is 0.273. The molecular formula is C12H18IN3O. The zero-order chi connectivity index (χ0) is 12.4. The molecule has 0 radical (unpaired) electrons. The van der Waals surface area contributed by atoms with Gasteiger partial charge in [0, 0.05) is 13.0 Å². The second kappa shape index (κ2) is 5.48. The lowest BCUT2D eigenvalue weighted by Crippen LogP contribution is -2.15. The first-order valence-electron chi connectivity index (χ1n) is 6.01.